The Morgan fingerprint density at radius 2 is 1.79 bits per heavy atom. The minimum absolute atomic E-state index is 0.219. The van der Waals surface area contributed by atoms with E-state index in [9.17, 15) is 9.59 Å². The number of amides is 2. The predicted octanol–water partition coefficient (Wildman–Crippen LogP) is 4.02. The van der Waals surface area contributed by atoms with Crippen LogP contribution in [0.5, 0.6) is 0 Å². The van der Waals surface area contributed by atoms with E-state index in [0.29, 0.717) is 16.5 Å². The van der Waals surface area contributed by atoms with Crippen molar-refractivity contribution in [1.82, 2.24) is 10.9 Å². The first-order valence-corrected chi connectivity index (χ1v) is 8.89. The number of nitrogens with one attached hydrogen (secondary N) is 2. The largest absolute Gasteiger partial charge is 0.272 e. The van der Waals surface area contributed by atoms with Crippen LogP contribution >= 0.6 is 23.4 Å². The molecule has 0 saturated carbocycles. The molecule has 126 valence electrons. The number of carbonyl (C=O) groups is 2. The third-order valence-electron chi connectivity index (χ3n) is 3.32. The average Bonchev–Trinajstić information content (AvgIpc) is 2.58. The summed E-state index contributed by atoms with van der Waals surface area (Å²) < 4.78 is 0. The van der Waals surface area contributed by atoms with Crippen LogP contribution in [-0.2, 0) is 4.79 Å². The summed E-state index contributed by atoms with van der Waals surface area (Å²) in [6, 6.07) is 14.6. The molecule has 2 N–H and O–H groups in total. The highest BCUT2D eigenvalue weighted by Crippen LogP contribution is 2.21. The van der Waals surface area contributed by atoms with E-state index in [1.54, 1.807) is 18.2 Å². The number of hydrogen-bond acceptors (Lipinski definition) is 3. The summed E-state index contributed by atoms with van der Waals surface area (Å²) in [6.45, 7) is 4.27. The van der Waals surface area contributed by atoms with Crippen LogP contribution in [-0.4, -0.2) is 17.6 Å². The molecule has 0 aliphatic heterocycles. The minimum Gasteiger partial charge on any atom is -0.272 e. The van der Waals surface area contributed by atoms with E-state index in [-0.39, 0.29) is 11.7 Å². The van der Waals surface area contributed by atoms with Gasteiger partial charge in [-0.05, 0) is 41.8 Å². The van der Waals surface area contributed by atoms with Gasteiger partial charge in [0, 0.05) is 15.5 Å². The number of thioether (sulfide) groups is 1. The molecule has 0 unspecified atom stereocenters. The van der Waals surface area contributed by atoms with E-state index in [0.717, 1.165) is 4.90 Å². The zero-order valence-corrected chi connectivity index (χ0v) is 15.1. The second-order valence-electron chi connectivity index (χ2n) is 5.53. The van der Waals surface area contributed by atoms with Gasteiger partial charge in [-0.25, -0.2) is 0 Å². The molecule has 4 nitrogen and oxygen atoms in total. The third kappa shape index (κ3) is 5.58. The number of carbonyl (C=O) groups excluding carboxylic acids is 2. The van der Waals surface area contributed by atoms with Gasteiger partial charge in [0.2, 0.25) is 5.91 Å². The quantitative estimate of drug-likeness (QED) is 0.624. The van der Waals surface area contributed by atoms with Gasteiger partial charge in [0.05, 0.1) is 5.75 Å². The van der Waals surface area contributed by atoms with Gasteiger partial charge in [0.1, 0.15) is 0 Å². The highest BCUT2D eigenvalue weighted by atomic mass is 35.5. The van der Waals surface area contributed by atoms with Crippen molar-refractivity contribution in [3.8, 4) is 0 Å². The van der Waals surface area contributed by atoms with Gasteiger partial charge in [-0.1, -0.05) is 43.6 Å². The first-order chi connectivity index (χ1) is 11.5. The number of halogens is 1. The lowest BCUT2D eigenvalue weighted by Gasteiger charge is -2.08. The molecule has 2 amide bonds. The monoisotopic (exact) mass is 362 g/mol. The highest BCUT2D eigenvalue weighted by molar-refractivity contribution is 8.00. The highest BCUT2D eigenvalue weighted by Gasteiger charge is 2.08. The van der Waals surface area contributed by atoms with E-state index >= 15 is 0 Å². The Labute approximate surface area is 150 Å². The topological polar surface area (TPSA) is 58.2 Å². The Hall–Kier alpha value is -1.98. The van der Waals surface area contributed by atoms with E-state index < -0.39 is 5.91 Å². The van der Waals surface area contributed by atoms with Crippen LogP contribution in [0.3, 0.4) is 0 Å². The zero-order valence-electron chi connectivity index (χ0n) is 13.5. The Balaban J connectivity index is 1.78. The summed E-state index contributed by atoms with van der Waals surface area (Å²) in [5.74, 6) is 0.0196. The molecule has 0 bridgehead atoms. The van der Waals surface area contributed by atoms with Crippen molar-refractivity contribution in [3.05, 3.63) is 64.7 Å². The summed E-state index contributed by atoms with van der Waals surface area (Å²) in [5.41, 5.74) is 6.42. The van der Waals surface area contributed by atoms with E-state index in [1.165, 1.54) is 23.4 Å². The van der Waals surface area contributed by atoms with Gasteiger partial charge in [-0.2, -0.15) is 0 Å². The van der Waals surface area contributed by atoms with Crippen molar-refractivity contribution in [3.63, 3.8) is 0 Å². The molecule has 0 aliphatic rings. The van der Waals surface area contributed by atoms with Crippen molar-refractivity contribution in [2.75, 3.05) is 5.75 Å². The van der Waals surface area contributed by atoms with Gasteiger partial charge in [-0.15, -0.1) is 11.8 Å². The van der Waals surface area contributed by atoms with Crippen molar-refractivity contribution >= 4 is 35.2 Å². The van der Waals surface area contributed by atoms with E-state index in [2.05, 4.69) is 36.8 Å². The van der Waals surface area contributed by atoms with Crippen LogP contribution < -0.4 is 10.9 Å². The fraction of sp³-hybridized carbons (Fsp3) is 0.222. The van der Waals surface area contributed by atoms with Crippen molar-refractivity contribution in [2.45, 2.75) is 24.7 Å². The lowest BCUT2D eigenvalue weighted by molar-refractivity contribution is -0.119. The van der Waals surface area contributed by atoms with Crippen molar-refractivity contribution < 1.29 is 9.59 Å². The molecular formula is C18H19ClN2O2S. The molecule has 24 heavy (non-hydrogen) atoms. The second-order valence-corrected chi connectivity index (χ2v) is 7.01. The first kappa shape index (κ1) is 18.4. The standard InChI is InChI=1S/C18H19ClN2O2S/c1-12(2)13-6-8-16(9-7-13)24-11-17(22)20-21-18(23)14-4-3-5-15(19)10-14/h3-10,12H,11H2,1-2H3,(H,20,22)(H,21,23). The maximum atomic E-state index is 11.9. The van der Waals surface area contributed by atoms with Crippen molar-refractivity contribution in [2.24, 2.45) is 0 Å². The molecule has 0 atom stereocenters. The maximum absolute atomic E-state index is 11.9. The Kier molecular flexibility index (Phi) is 6.70. The summed E-state index contributed by atoms with van der Waals surface area (Å²) in [7, 11) is 0. The molecule has 0 fully saturated rings. The molecule has 0 spiro atoms. The van der Waals surface area contributed by atoms with Crippen LogP contribution in [0.15, 0.2) is 53.4 Å². The molecule has 2 aromatic carbocycles. The summed E-state index contributed by atoms with van der Waals surface area (Å²) >= 11 is 7.24. The number of hydrazine groups is 1. The number of rotatable bonds is 5. The molecular weight excluding hydrogens is 344 g/mol. The average molecular weight is 363 g/mol. The predicted molar refractivity (Wildman–Crippen MR) is 98.3 cm³/mol. The maximum Gasteiger partial charge on any atom is 0.269 e. The summed E-state index contributed by atoms with van der Waals surface area (Å²) in [4.78, 5) is 24.7. The molecule has 0 aliphatic carbocycles. The Morgan fingerprint density at radius 1 is 1.08 bits per heavy atom. The fourth-order valence-corrected chi connectivity index (χ4v) is 2.85. The molecule has 2 aromatic rings. The Bertz CT molecular complexity index is 717. The third-order valence-corrected chi connectivity index (χ3v) is 4.57. The van der Waals surface area contributed by atoms with Crippen LogP contribution in [0.25, 0.3) is 0 Å². The van der Waals surface area contributed by atoms with Gasteiger partial charge in [0.15, 0.2) is 0 Å². The minimum atomic E-state index is -0.405. The van der Waals surface area contributed by atoms with Crippen LogP contribution in [0.2, 0.25) is 5.02 Å². The lowest BCUT2D eigenvalue weighted by atomic mass is 10.0. The van der Waals surface area contributed by atoms with Crippen LogP contribution in [0.1, 0.15) is 35.7 Å². The van der Waals surface area contributed by atoms with Crippen LogP contribution in [0, 0.1) is 0 Å². The number of hydrogen-bond donors (Lipinski definition) is 2. The summed E-state index contributed by atoms with van der Waals surface area (Å²) in [6.07, 6.45) is 0. The number of benzene rings is 2. The Morgan fingerprint density at radius 3 is 2.42 bits per heavy atom. The van der Waals surface area contributed by atoms with Crippen molar-refractivity contribution in [1.29, 1.82) is 0 Å². The SMILES string of the molecule is CC(C)c1ccc(SCC(=O)NNC(=O)c2cccc(Cl)c2)cc1. The molecule has 0 radical (unpaired) electrons. The van der Waals surface area contributed by atoms with Crippen LogP contribution in [0.4, 0.5) is 0 Å². The second kappa shape index (κ2) is 8.76. The molecule has 6 heteroatoms. The zero-order chi connectivity index (χ0) is 17.5. The lowest BCUT2D eigenvalue weighted by Crippen LogP contribution is -2.42. The first-order valence-electron chi connectivity index (χ1n) is 7.53. The van der Waals surface area contributed by atoms with Gasteiger partial charge in [-0.3, -0.25) is 20.4 Å². The molecule has 0 aromatic heterocycles. The smallest absolute Gasteiger partial charge is 0.269 e. The van der Waals surface area contributed by atoms with Gasteiger partial charge >= 0.3 is 0 Å². The molecule has 2 rings (SSSR count). The fourth-order valence-electron chi connectivity index (χ4n) is 1.96. The van der Waals surface area contributed by atoms with Gasteiger partial charge < -0.3 is 0 Å². The summed E-state index contributed by atoms with van der Waals surface area (Å²) in [5, 5.41) is 0.467. The molecule has 0 heterocycles. The normalized spacial score (nSPS) is 10.5. The van der Waals surface area contributed by atoms with E-state index in [4.69, 9.17) is 11.6 Å². The van der Waals surface area contributed by atoms with Gasteiger partial charge in [0.25, 0.3) is 5.91 Å². The van der Waals surface area contributed by atoms with E-state index in [1.807, 2.05) is 12.1 Å². The molecule has 0 saturated heterocycles.